The van der Waals surface area contributed by atoms with Gasteiger partial charge >= 0.3 is 11.7 Å². The fraction of sp³-hybridized carbons (Fsp3) is 0.667. The first kappa shape index (κ1) is 12.5. The monoisotopic (exact) mass is 213 g/mol. The van der Waals surface area contributed by atoms with Crippen molar-refractivity contribution in [1.29, 1.82) is 0 Å². The summed E-state index contributed by atoms with van der Waals surface area (Å²) in [5.41, 5.74) is 0. The van der Waals surface area contributed by atoms with Crippen molar-refractivity contribution in [3.05, 3.63) is 12.4 Å². The highest BCUT2D eigenvalue weighted by molar-refractivity contribution is 7.84. The van der Waals surface area contributed by atoms with Crippen LogP contribution in [0.15, 0.2) is 12.4 Å². The molecule has 7 heteroatoms. The number of nitrogens with one attached hydrogen (secondary N) is 1. The van der Waals surface area contributed by atoms with Gasteiger partial charge in [0.1, 0.15) is 0 Å². The maximum Gasteiger partial charge on any atom is 0.305 e. The van der Waals surface area contributed by atoms with Gasteiger partial charge in [-0.05, 0) is 6.92 Å². The Morgan fingerprint density at radius 3 is 2.31 bits per heavy atom. The van der Waals surface area contributed by atoms with Crippen molar-refractivity contribution in [2.24, 2.45) is 0 Å². The van der Waals surface area contributed by atoms with Gasteiger partial charge in [-0.15, -0.1) is 0 Å². The average Bonchev–Trinajstić information content (AvgIpc) is 2.52. The Bertz CT molecular complexity index is 159. The Morgan fingerprint density at radius 1 is 1.62 bits per heavy atom. The van der Waals surface area contributed by atoms with Crippen LogP contribution in [0.2, 0.25) is 0 Å². The number of hydrogen-bond acceptors (Lipinski definition) is 4. The van der Waals surface area contributed by atoms with Gasteiger partial charge < -0.3 is 14.4 Å². The van der Waals surface area contributed by atoms with E-state index in [1.54, 1.807) is 0 Å². The largest absolute Gasteiger partial charge is 0.559 e. The number of halogens is 2. The lowest BCUT2D eigenvalue weighted by atomic mass is 10.6. The molecule has 0 bridgehead atoms. The van der Waals surface area contributed by atoms with E-state index in [-0.39, 0.29) is 0 Å². The van der Waals surface area contributed by atoms with Gasteiger partial charge in [0.25, 0.3) is 0 Å². The highest BCUT2D eigenvalue weighted by Gasteiger charge is 2.03. The second-order valence-corrected chi connectivity index (χ2v) is 3.00. The van der Waals surface area contributed by atoms with E-state index in [1.807, 2.05) is 0 Å². The first-order valence-corrected chi connectivity index (χ1v) is 4.72. The van der Waals surface area contributed by atoms with Crippen LogP contribution in [0.1, 0.15) is 6.92 Å². The first-order chi connectivity index (χ1) is 6.10. The van der Waals surface area contributed by atoms with Gasteiger partial charge in [-0.1, -0.05) is 4.48 Å². The van der Waals surface area contributed by atoms with Crippen LogP contribution in [0, 0.1) is 0 Å². The van der Waals surface area contributed by atoms with Crippen molar-refractivity contribution in [3.63, 3.8) is 0 Å². The zero-order valence-electron chi connectivity index (χ0n) is 7.54. The molecule has 1 atom stereocenters. The summed E-state index contributed by atoms with van der Waals surface area (Å²) in [6, 6.07) is 0. The summed E-state index contributed by atoms with van der Waals surface area (Å²) in [6.07, 6.45) is 4.20. The maximum atomic E-state index is 10.4. The van der Waals surface area contributed by atoms with E-state index in [1.165, 1.54) is 0 Å². The zero-order chi connectivity index (χ0) is 10.3. The van der Waals surface area contributed by atoms with Gasteiger partial charge in [0.05, 0.1) is 11.6 Å². The molecule has 78 valence electrons. The molecular formula is C6H13F2N3OS. The molecule has 1 rings (SSSR count). The van der Waals surface area contributed by atoms with Crippen LogP contribution < -0.4 is 4.94 Å². The molecule has 0 saturated heterocycles. The Kier molecular flexibility index (Phi) is 6.65. The summed E-state index contributed by atoms with van der Waals surface area (Å²) in [6.45, 7) is 4.32. The SMILES string of the molecule is CCN1C=CN(C)C1.[O-][S+](F)NF. The van der Waals surface area contributed by atoms with E-state index in [0.717, 1.165) is 13.2 Å². The van der Waals surface area contributed by atoms with E-state index in [9.17, 15) is 8.37 Å². The summed E-state index contributed by atoms with van der Waals surface area (Å²) in [7, 11) is 2.08. The lowest BCUT2D eigenvalue weighted by Crippen LogP contribution is -2.21. The minimum Gasteiger partial charge on any atom is -0.559 e. The summed E-state index contributed by atoms with van der Waals surface area (Å²) < 4.78 is 29.4. The van der Waals surface area contributed by atoms with Gasteiger partial charge in [0.15, 0.2) is 0 Å². The smallest absolute Gasteiger partial charge is 0.305 e. The van der Waals surface area contributed by atoms with E-state index < -0.39 is 11.7 Å². The summed E-state index contributed by atoms with van der Waals surface area (Å²) in [5.74, 6) is 0. The van der Waals surface area contributed by atoms with Gasteiger partial charge in [-0.3, -0.25) is 0 Å². The minimum absolute atomic E-state index is 0.333. The third-order valence-electron chi connectivity index (χ3n) is 1.40. The normalized spacial score (nSPS) is 17.0. The van der Waals surface area contributed by atoms with Crippen molar-refractivity contribution >= 4 is 11.7 Å². The Hall–Kier alpha value is -0.530. The molecule has 1 aliphatic rings. The van der Waals surface area contributed by atoms with Crippen LogP contribution in [0.5, 0.6) is 0 Å². The molecule has 4 nitrogen and oxygen atoms in total. The number of rotatable bonds is 2. The molecule has 0 aliphatic carbocycles. The lowest BCUT2D eigenvalue weighted by molar-refractivity contribution is 0.308. The van der Waals surface area contributed by atoms with Crippen molar-refractivity contribution in [3.8, 4) is 0 Å². The van der Waals surface area contributed by atoms with Crippen molar-refractivity contribution in [2.75, 3.05) is 20.3 Å². The Balaban J connectivity index is 0.000000252. The summed E-state index contributed by atoms with van der Waals surface area (Å²) >= 11 is -2.99. The van der Waals surface area contributed by atoms with E-state index in [0.29, 0.717) is 4.94 Å². The maximum absolute atomic E-state index is 10.4. The molecule has 0 aromatic carbocycles. The molecule has 0 saturated carbocycles. The molecule has 1 heterocycles. The molecule has 0 spiro atoms. The van der Waals surface area contributed by atoms with Gasteiger partial charge in [-0.25, -0.2) is 0 Å². The second-order valence-electron chi connectivity index (χ2n) is 2.40. The molecule has 0 radical (unpaired) electrons. The van der Waals surface area contributed by atoms with Crippen LogP contribution in [0.3, 0.4) is 0 Å². The van der Waals surface area contributed by atoms with Crippen molar-refractivity contribution in [2.45, 2.75) is 6.92 Å². The third kappa shape index (κ3) is 6.62. The first-order valence-electron chi connectivity index (χ1n) is 3.67. The van der Waals surface area contributed by atoms with Gasteiger partial charge in [0, 0.05) is 29.9 Å². The highest BCUT2D eigenvalue weighted by Crippen LogP contribution is 2.00. The third-order valence-corrected chi connectivity index (χ3v) is 1.52. The molecule has 0 fully saturated rings. The van der Waals surface area contributed by atoms with Crippen LogP contribution in [0.25, 0.3) is 0 Å². The van der Waals surface area contributed by atoms with Crippen LogP contribution >= 0.6 is 0 Å². The fourth-order valence-corrected chi connectivity index (χ4v) is 0.794. The van der Waals surface area contributed by atoms with Gasteiger partial charge in [0.2, 0.25) is 0 Å². The molecule has 1 unspecified atom stereocenters. The van der Waals surface area contributed by atoms with Crippen molar-refractivity contribution < 1.29 is 12.9 Å². The molecule has 1 N–H and O–H groups in total. The van der Waals surface area contributed by atoms with Crippen LogP contribution in [-0.2, 0) is 11.7 Å². The van der Waals surface area contributed by atoms with E-state index >= 15 is 0 Å². The molecule has 0 aromatic heterocycles. The lowest BCUT2D eigenvalue weighted by Gasteiger charge is -2.14. The Labute approximate surface area is 79.7 Å². The molecule has 0 amide bonds. The molecule has 13 heavy (non-hydrogen) atoms. The van der Waals surface area contributed by atoms with Crippen LogP contribution in [0.4, 0.5) is 8.37 Å². The van der Waals surface area contributed by atoms with Crippen molar-refractivity contribution in [1.82, 2.24) is 14.7 Å². The number of nitrogens with zero attached hydrogens (tertiary/aromatic N) is 2. The Morgan fingerprint density at radius 2 is 2.15 bits per heavy atom. The summed E-state index contributed by atoms with van der Waals surface area (Å²) in [5, 5.41) is 0. The fourth-order valence-electron chi connectivity index (χ4n) is 0.794. The average molecular weight is 213 g/mol. The van der Waals surface area contributed by atoms with E-state index in [4.69, 9.17) is 4.55 Å². The molecular weight excluding hydrogens is 200 g/mol. The number of hydrogen-bond donors (Lipinski definition) is 1. The second kappa shape index (κ2) is 6.93. The molecule has 1 aliphatic heterocycles. The topological polar surface area (TPSA) is 41.6 Å². The molecule has 0 aromatic rings. The predicted molar refractivity (Wildman–Crippen MR) is 47.6 cm³/mol. The quantitative estimate of drug-likeness (QED) is 0.541. The highest BCUT2D eigenvalue weighted by atomic mass is 32.3. The van der Waals surface area contributed by atoms with Gasteiger partial charge in [-0.2, -0.15) is 0 Å². The standard InChI is InChI=1S/C6H12N2.F2HNOS/c1-3-8-5-4-7(2)6-8;1-3-5(2)4/h4-5H,3,6H2,1-2H3;3H. The zero-order valence-corrected chi connectivity index (χ0v) is 8.35. The predicted octanol–water partition coefficient (Wildman–Crippen LogP) is 0.691. The van der Waals surface area contributed by atoms with Crippen LogP contribution in [-0.4, -0.2) is 34.6 Å². The minimum atomic E-state index is -2.99. The van der Waals surface area contributed by atoms with E-state index in [2.05, 4.69) is 36.2 Å². The summed E-state index contributed by atoms with van der Waals surface area (Å²) in [4.78, 5) is 4.74.